The first-order chi connectivity index (χ1) is 4.66. The standard InChI is InChI=1S/C7H15NOS/c1-3-4-5-6(2)8-7(9)10/h6H,3-5H2,1-2H3,(H2,8,9,10). The Bertz CT molecular complexity index is 106. The maximum absolute atomic E-state index is 10.4. The van der Waals surface area contributed by atoms with Gasteiger partial charge in [-0.1, -0.05) is 32.4 Å². The topological polar surface area (TPSA) is 29.1 Å². The van der Waals surface area contributed by atoms with Gasteiger partial charge in [0, 0.05) is 6.04 Å². The molecule has 2 nitrogen and oxygen atoms in total. The lowest BCUT2D eigenvalue weighted by Crippen LogP contribution is -2.27. The van der Waals surface area contributed by atoms with E-state index in [9.17, 15) is 4.79 Å². The molecule has 60 valence electrons. The Morgan fingerprint density at radius 3 is 2.70 bits per heavy atom. The van der Waals surface area contributed by atoms with Gasteiger partial charge in [-0.15, -0.1) is 0 Å². The summed E-state index contributed by atoms with van der Waals surface area (Å²) in [6.07, 6.45) is 3.38. The molecule has 1 atom stereocenters. The Labute approximate surface area is 67.8 Å². The highest BCUT2D eigenvalue weighted by Gasteiger charge is 2.01. The van der Waals surface area contributed by atoms with Crippen LogP contribution in [0.5, 0.6) is 0 Å². The number of unbranched alkanes of at least 4 members (excludes halogenated alkanes) is 1. The van der Waals surface area contributed by atoms with Crippen LogP contribution in [0.4, 0.5) is 4.79 Å². The number of hydrogen-bond acceptors (Lipinski definition) is 1. The zero-order valence-electron chi connectivity index (χ0n) is 6.55. The molecule has 1 unspecified atom stereocenters. The largest absolute Gasteiger partial charge is 0.345 e. The van der Waals surface area contributed by atoms with Crippen LogP contribution in [0.2, 0.25) is 0 Å². The van der Waals surface area contributed by atoms with Gasteiger partial charge in [-0.3, -0.25) is 4.79 Å². The van der Waals surface area contributed by atoms with Crippen molar-refractivity contribution in [2.24, 2.45) is 0 Å². The van der Waals surface area contributed by atoms with Crippen molar-refractivity contribution in [3.05, 3.63) is 0 Å². The third kappa shape index (κ3) is 5.95. The predicted octanol–water partition coefficient (Wildman–Crippen LogP) is 2.20. The van der Waals surface area contributed by atoms with Crippen LogP contribution in [0, 0.1) is 0 Å². The van der Waals surface area contributed by atoms with E-state index in [4.69, 9.17) is 0 Å². The highest BCUT2D eigenvalue weighted by molar-refractivity contribution is 7.96. The van der Waals surface area contributed by atoms with Crippen molar-refractivity contribution < 1.29 is 4.79 Å². The quantitative estimate of drug-likeness (QED) is 0.608. The van der Waals surface area contributed by atoms with Crippen molar-refractivity contribution in [3.8, 4) is 0 Å². The molecule has 1 N–H and O–H groups in total. The van der Waals surface area contributed by atoms with E-state index in [-0.39, 0.29) is 11.3 Å². The lowest BCUT2D eigenvalue weighted by Gasteiger charge is -2.09. The average molecular weight is 161 g/mol. The fourth-order valence-corrected chi connectivity index (χ4v) is 1.01. The molecular formula is C7H15NOS. The Kier molecular flexibility index (Phi) is 5.49. The number of thiol groups is 1. The molecule has 0 aromatic rings. The van der Waals surface area contributed by atoms with E-state index in [1.807, 2.05) is 6.92 Å². The molecule has 0 rings (SSSR count). The molecular weight excluding hydrogens is 146 g/mol. The molecule has 1 amide bonds. The number of rotatable bonds is 4. The molecule has 0 aliphatic carbocycles. The van der Waals surface area contributed by atoms with Gasteiger partial charge in [0.25, 0.3) is 5.24 Å². The summed E-state index contributed by atoms with van der Waals surface area (Å²) in [5.74, 6) is 0. The first kappa shape index (κ1) is 9.82. The van der Waals surface area contributed by atoms with Crippen molar-refractivity contribution in [3.63, 3.8) is 0 Å². The normalized spacial score (nSPS) is 12.7. The van der Waals surface area contributed by atoms with Gasteiger partial charge in [-0.2, -0.15) is 0 Å². The average Bonchev–Trinajstić information content (AvgIpc) is 1.82. The van der Waals surface area contributed by atoms with Gasteiger partial charge < -0.3 is 5.32 Å². The van der Waals surface area contributed by atoms with Crippen molar-refractivity contribution in [2.45, 2.75) is 39.2 Å². The van der Waals surface area contributed by atoms with Gasteiger partial charge in [-0.05, 0) is 13.3 Å². The summed E-state index contributed by atoms with van der Waals surface area (Å²) in [5.41, 5.74) is 0. The molecule has 0 fully saturated rings. The summed E-state index contributed by atoms with van der Waals surface area (Å²) in [6, 6.07) is 0.268. The van der Waals surface area contributed by atoms with Crippen LogP contribution in [0.25, 0.3) is 0 Å². The first-order valence-corrected chi connectivity index (χ1v) is 4.11. The number of nitrogens with one attached hydrogen (secondary N) is 1. The predicted molar refractivity (Wildman–Crippen MR) is 46.5 cm³/mol. The summed E-state index contributed by atoms with van der Waals surface area (Å²) in [5, 5.41) is 2.47. The van der Waals surface area contributed by atoms with E-state index in [0.717, 1.165) is 12.8 Å². The summed E-state index contributed by atoms with van der Waals surface area (Å²) in [4.78, 5) is 10.4. The van der Waals surface area contributed by atoms with Gasteiger partial charge in [0.15, 0.2) is 0 Å². The SMILES string of the molecule is CCCCC(C)NC(=O)S. The lowest BCUT2D eigenvalue weighted by molar-refractivity contribution is 0.257. The minimum Gasteiger partial charge on any atom is -0.345 e. The van der Waals surface area contributed by atoms with Crippen LogP contribution in [-0.2, 0) is 0 Å². The molecule has 0 saturated carbocycles. The molecule has 0 radical (unpaired) electrons. The second-order valence-corrected chi connectivity index (χ2v) is 2.90. The highest BCUT2D eigenvalue weighted by Crippen LogP contribution is 1.99. The van der Waals surface area contributed by atoms with Gasteiger partial charge in [0.1, 0.15) is 0 Å². The van der Waals surface area contributed by atoms with E-state index in [1.165, 1.54) is 6.42 Å². The minimum atomic E-state index is -0.233. The Hall–Kier alpha value is -0.180. The number of hydrogen-bond donors (Lipinski definition) is 2. The summed E-state index contributed by atoms with van der Waals surface area (Å²) >= 11 is 3.61. The van der Waals surface area contributed by atoms with Crippen LogP contribution in [-0.4, -0.2) is 11.3 Å². The highest BCUT2D eigenvalue weighted by atomic mass is 32.1. The summed E-state index contributed by atoms with van der Waals surface area (Å²) in [6.45, 7) is 4.12. The molecule has 0 saturated heterocycles. The zero-order valence-corrected chi connectivity index (χ0v) is 7.45. The lowest BCUT2D eigenvalue weighted by atomic mass is 10.1. The Balaban J connectivity index is 3.25. The van der Waals surface area contributed by atoms with Crippen molar-refractivity contribution in [1.82, 2.24) is 5.32 Å². The third-order valence-electron chi connectivity index (χ3n) is 1.36. The van der Waals surface area contributed by atoms with Crippen LogP contribution in [0.3, 0.4) is 0 Å². The zero-order chi connectivity index (χ0) is 7.98. The molecule has 3 heteroatoms. The number of carbonyl (C=O) groups is 1. The Morgan fingerprint density at radius 1 is 1.70 bits per heavy atom. The fourth-order valence-electron chi connectivity index (χ4n) is 0.793. The molecule has 0 aromatic heterocycles. The molecule has 0 aliphatic rings. The van der Waals surface area contributed by atoms with Gasteiger partial charge in [-0.25, -0.2) is 0 Å². The maximum Gasteiger partial charge on any atom is 0.276 e. The van der Waals surface area contributed by atoms with E-state index in [2.05, 4.69) is 24.9 Å². The second-order valence-electron chi connectivity index (χ2n) is 2.49. The van der Waals surface area contributed by atoms with E-state index in [1.54, 1.807) is 0 Å². The summed E-state index contributed by atoms with van der Waals surface area (Å²) < 4.78 is 0. The maximum atomic E-state index is 10.4. The van der Waals surface area contributed by atoms with Crippen LogP contribution >= 0.6 is 12.6 Å². The van der Waals surface area contributed by atoms with Gasteiger partial charge in [0.05, 0.1) is 0 Å². The van der Waals surface area contributed by atoms with Gasteiger partial charge in [0.2, 0.25) is 0 Å². The summed E-state index contributed by atoms with van der Waals surface area (Å²) in [7, 11) is 0. The number of carbonyl (C=O) groups excluding carboxylic acids is 1. The molecule has 0 aliphatic heterocycles. The van der Waals surface area contributed by atoms with Crippen LogP contribution in [0.15, 0.2) is 0 Å². The third-order valence-corrected chi connectivity index (χ3v) is 1.49. The number of amides is 1. The monoisotopic (exact) mass is 161 g/mol. The van der Waals surface area contributed by atoms with Crippen molar-refractivity contribution in [1.29, 1.82) is 0 Å². The Morgan fingerprint density at radius 2 is 2.30 bits per heavy atom. The molecule has 0 spiro atoms. The van der Waals surface area contributed by atoms with E-state index >= 15 is 0 Å². The van der Waals surface area contributed by atoms with Crippen molar-refractivity contribution in [2.75, 3.05) is 0 Å². The van der Waals surface area contributed by atoms with E-state index in [0.29, 0.717) is 0 Å². The smallest absolute Gasteiger partial charge is 0.276 e. The molecule has 0 heterocycles. The van der Waals surface area contributed by atoms with E-state index < -0.39 is 0 Å². The van der Waals surface area contributed by atoms with Crippen LogP contribution in [0.1, 0.15) is 33.1 Å². The van der Waals surface area contributed by atoms with Gasteiger partial charge >= 0.3 is 0 Å². The van der Waals surface area contributed by atoms with Crippen LogP contribution < -0.4 is 5.32 Å². The second kappa shape index (κ2) is 5.59. The molecule has 0 bridgehead atoms. The molecule has 0 aromatic carbocycles. The molecule has 10 heavy (non-hydrogen) atoms. The first-order valence-electron chi connectivity index (χ1n) is 3.66. The van der Waals surface area contributed by atoms with Crippen molar-refractivity contribution >= 4 is 17.9 Å². The minimum absolute atomic E-state index is 0.233. The fraction of sp³-hybridized carbons (Fsp3) is 0.857.